The average molecular weight is 384 g/mol. The van der Waals surface area contributed by atoms with Gasteiger partial charge in [-0.25, -0.2) is 0 Å². The molecule has 0 saturated carbocycles. The Hall–Kier alpha value is -2.57. The highest BCUT2D eigenvalue weighted by Gasteiger charge is 2.30. The van der Waals surface area contributed by atoms with Crippen molar-refractivity contribution >= 4 is 5.91 Å². The second-order valence-electron chi connectivity index (χ2n) is 7.07. The molecule has 2 N–H and O–H groups in total. The van der Waals surface area contributed by atoms with E-state index in [1.165, 1.54) is 0 Å². The average Bonchev–Trinajstić information content (AvgIpc) is 2.74. The van der Waals surface area contributed by atoms with Crippen LogP contribution in [0.4, 0.5) is 0 Å². The van der Waals surface area contributed by atoms with Crippen LogP contribution < -0.4 is 14.8 Å². The zero-order valence-electron chi connectivity index (χ0n) is 16.4. The Morgan fingerprint density at radius 1 is 1.14 bits per heavy atom. The number of hydrogen-bond acceptors (Lipinski definition) is 5. The Balaban J connectivity index is 1.71. The number of piperidine rings is 1. The van der Waals surface area contributed by atoms with Gasteiger partial charge in [-0.05, 0) is 31.2 Å². The number of carbonyl (C=O) groups excluding carboxylic acids is 1. The van der Waals surface area contributed by atoms with Crippen molar-refractivity contribution in [2.24, 2.45) is 5.92 Å². The SMILES string of the molecule is COc1cccc(CN2CC[C@H](CO)[C@H](NC(=O)c3ccccc3)C2)c1OC. The van der Waals surface area contributed by atoms with Crippen LogP contribution >= 0.6 is 0 Å². The Morgan fingerprint density at radius 3 is 2.61 bits per heavy atom. The summed E-state index contributed by atoms with van der Waals surface area (Å²) in [5.41, 5.74) is 1.67. The summed E-state index contributed by atoms with van der Waals surface area (Å²) in [4.78, 5) is 14.9. The molecule has 0 aliphatic carbocycles. The van der Waals surface area contributed by atoms with Crippen LogP contribution in [-0.4, -0.2) is 55.9 Å². The summed E-state index contributed by atoms with van der Waals surface area (Å²) in [6.07, 6.45) is 0.822. The minimum Gasteiger partial charge on any atom is -0.493 e. The van der Waals surface area contributed by atoms with E-state index in [1.807, 2.05) is 36.4 Å². The Labute approximate surface area is 166 Å². The van der Waals surface area contributed by atoms with Crippen LogP contribution in [0.3, 0.4) is 0 Å². The molecule has 1 aliphatic heterocycles. The molecule has 0 unspecified atom stereocenters. The second kappa shape index (κ2) is 9.57. The summed E-state index contributed by atoms with van der Waals surface area (Å²) in [6, 6.07) is 14.9. The fraction of sp³-hybridized carbons (Fsp3) is 0.409. The molecule has 150 valence electrons. The van der Waals surface area contributed by atoms with E-state index in [4.69, 9.17) is 9.47 Å². The molecule has 1 heterocycles. The van der Waals surface area contributed by atoms with E-state index in [0.29, 0.717) is 24.4 Å². The lowest BCUT2D eigenvalue weighted by Gasteiger charge is -2.38. The maximum absolute atomic E-state index is 12.6. The standard InChI is InChI=1S/C22H28N2O4/c1-27-20-10-6-9-17(21(20)28-2)13-24-12-11-18(15-25)19(14-24)23-22(26)16-7-4-3-5-8-16/h3-10,18-19,25H,11-15H2,1-2H3,(H,23,26)/t18-,19-/m1/s1. The van der Waals surface area contributed by atoms with Crippen LogP contribution in [0.1, 0.15) is 22.3 Å². The zero-order valence-corrected chi connectivity index (χ0v) is 16.4. The number of carbonyl (C=O) groups is 1. The summed E-state index contributed by atoms with van der Waals surface area (Å²) >= 11 is 0. The molecule has 6 nitrogen and oxygen atoms in total. The molecule has 1 amide bonds. The number of rotatable bonds is 7. The highest BCUT2D eigenvalue weighted by molar-refractivity contribution is 5.94. The summed E-state index contributed by atoms with van der Waals surface area (Å²) in [7, 11) is 3.27. The minimum atomic E-state index is -0.108. The molecule has 28 heavy (non-hydrogen) atoms. The molecule has 1 saturated heterocycles. The number of nitrogens with zero attached hydrogens (tertiary/aromatic N) is 1. The van der Waals surface area contributed by atoms with Crippen LogP contribution in [0.25, 0.3) is 0 Å². The van der Waals surface area contributed by atoms with Crippen molar-refractivity contribution in [2.45, 2.75) is 19.0 Å². The molecular formula is C22H28N2O4. The Bertz CT molecular complexity index is 781. The van der Waals surface area contributed by atoms with E-state index in [2.05, 4.69) is 10.2 Å². The van der Waals surface area contributed by atoms with Crippen LogP contribution in [-0.2, 0) is 6.54 Å². The molecule has 0 aromatic heterocycles. The molecule has 1 fully saturated rings. The second-order valence-corrected chi connectivity index (χ2v) is 7.07. The van der Waals surface area contributed by atoms with Crippen LogP contribution in [0, 0.1) is 5.92 Å². The van der Waals surface area contributed by atoms with Gasteiger partial charge in [0, 0.05) is 42.8 Å². The van der Waals surface area contributed by atoms with Crippen molar-refractivity contribution in [2.75, 3.05) is 33.9 Å². The first kappa shape index (κ1) is 20.2. The molecule has 0 radical (unpaired) electrons. The summed E-state index contributed by atoms with van der Waals surface area (Å²) in [6.45, 7) is 2.28. The number of methoxy groups -OCH3 is 2. The maximum Gasteiger partial charge on any atom is 0.251 e. The number of ether oxygens (including phenoxy) is 2. The molecule has 6 heteroatoms. The predicted octanol–water partition coefficient (Wildman–Crippen LogP) is 2.32. The van der Waals surface area contributed by atoms with Gasteiger partial charge in [-0.3, -0.25) is 9.69 Å². The Kier molecular flexibility index (Phi) is 6.90. The predicted molar refractivity (Wildman–Crippen MR) is 108 cm³/mol. The van der Waals surface area contributed by atoms with Crippen molar-refractivity contribution in [3.05, 3.63) is 59.7 Å². The molecule has 0 spiro atoms. The molecular weight excluding hydrogens is 356 g/mol. The fourth-order valence-electron chi connectivity index (χ4n) is 3.75. The third-order valence-electron chi connectivity index (χ3n) is 5.31. The van der Waals surface area contributed by atoms with Gasteiger partial charge < -0.3 is 19.9 Å². The third-order valence-corrected chi connectivity index (χ3v) is 5.31. The van der Waals surface area contributed by atoms with E-state index in [0.717, 1.165) is 24.3 Å². The lowest BCUT2D eigenvalue weighted by molar-refractivity contribution is 0.0728. The van der Waals surface area contributed by atoms with E-state index in [1.54, 1.807) is 26.4 Å². The minimum absolute atomic E-state index is 0.0520. The molecule has 2 aromatic carbocycles. The van der Waals surface area contributed by atoms with Crippen LogP contribution in [0.2, 0.25) is 0 Å². The van der Waals surface area contributed by atoms with E-state index in [-0.39, 0.29) is 24.5 Å². The smallest absolute Gasteiger partial charge is 0.251 e. The van der Waals surface area contributed by atoms with Gasteiger partial charge >= 0.3 is 0 Å². The number of aliphatic hydroxyl groups excluding tert-OH is 1. The maximum atomic E-state index is 12.6. The number of amides is 1. The molecule has 2 atom stereocenters. The van der Waals surface area contributed by atoms with Gasteiger partial charge in [-0.1, -0.05) is 30.3 Å². The highest BCUT2D eigenvalue weighted by Crippen LogP contribution is 2.32. The number of aliphatic hydroxyl groups is 1. The van der Waals surface area contributed by atoms with Gasteiger partial charge in [-0.15, -0.1) is 0 Å². The van der Waals surface area contributed by atoms with Crippen molar-refractivity contribution in [1.29, 1.82) is 0 Å². The number of benzene rings is 2. The summed E-state index contributed by atoms with van der Waals surface area (Å²) in [5, 5.41) is 12.9. The van der Waals surface area contributed by atoms with E-state index < -0.39 is 0 Å². The largest absolute Gasteiger partial charge is 0.493 e. The molecule has 1 aliphatic rings. The number of likely N-dealkylation sites (tertiary alicyclic amines) is 1. The molecule has 2 aromatic rings. The van der Waals surface area contributed by atoms with Crippen molar-refractivity contribution in [1.82, 2.24) is 10.2 Å². The summed E-state index contributed by atoms with van der Waals surface area (Å²) < 4.78 is 10.9. The zero-order chi connectivity index (χ0) is 19.9. The lowest BCUT2D eigenvalue weighted by atomic mass is 9.91. The van der Waals surface area contributed by atoms with Gasteiger partial charge in [-0.2, -0.15) is 0 Å². The van der Waals surface area contributed by atoms with Gasteiger partial charge in [0.2, 0.25) is 0 Å². The van der Waals surface area contributed by atoms with Crippen molar-refractivity contribution in [3.8, 4) is 11.5 Å². The van der Waals surface area contributed by atoms with E-state index in [9.17, 15) is 9.90 Å². The van der Waals surface area contributed by atoms with Gasteiger partial charge in [0.25, 0.3) is 5.91 Å². The fourth-order valence-corrected chi connectivity index (χ4v) is 3.75. The molecule has 3 rings (SSSR count). The van der Waals surface area contributed by atoms with Gasteiger partial charge in [0.05, 0.1) is 14.2 Å². The normalized spacial score (nSPS) is 19.8. The first-order valence-electron chi connectivity index (χ1n) is 9.55. The third kappa shape index (κ3) is 4.64. The first-order chi connectivity index (χ1) is 13.7. The quantitative estimate of drug-likeness (QED) is 0.767. The molecule has 0 bridgehead atoms. The highest BCUT2D eigenvalue weighted by atomic mass is 16.5. The number of para-hydroxylation sites is 1. The van der Waals surface area contributed by atoms with Gasteiger partial charge in [0.15, 0.2) is 11.5 Å². The first-order valence-corrected chi connectivity index (χ1v) is 9.55. The van der Waals surface area contributed by atoms with Crippen molar-refractivity contribution < 1.29 is 19.4 Å². The van der Waals surface area contributed by atoms with E-state index >= 15 is 0 Å². The summed E-state index contributed by atoms with van der Waals surface area (Å²) in [5.74, 6) is 1.39. The number of hydrogen-bond donors (Lipinski definition) is 2. The van der Waals surface area contributed by atoms with Crippen LogP contribution in [0.15, 0.2) is 48.5 Å². The van der Waals surface area contributed by atoms with Crippen LogP contribution in [0.5, 0.6) is 11.5 Å². The lowest BCUT2D eigenvalue weighted by Crippen LogP contribution is -2.53. The topological polar surface area (TPSA) is 71.0 Å². The van der Waals surface area contributed by atoms with Gasteiger partial charge in [0.1, 0.15) is 0 Å². The number of nitrogens with one attached hydrogen (secondary N) is 1. The van der Waals surface area contributed by atoms with Crippen molar-refractivity contribution in [3.63, 3.8) is 0 Å². The Morgan fingerprint density at radius 2 is 1.93 bits per heavy atom. The monoisotopic (exact) mass is 384 g/mol.